The van der Waals surface area contributed by atoms with Crippen LogP contribution in [0.3, 0.4) is 0 Å². The summed E-state index contributed by atoms with van der Waals surface area (Å²) in [4.78, 5) is 0. The smallest absolute Gasteiger partial charge is 0.105 e. The number of aliphatic hydroxyl groups is 1. The van der Waals surface area contributed by atoms with Crippen molar-refractivity contribution in [1.82, 2.24) is 0 Å². The molecule has 0 radical (unpaired) electrons. The molecule has 0 bridgehead atoms. The van der Waals surface area contributed by atoms with E-state index in [1.54, 1.807) is 0 Å². The molecule has 0 spiro atoms. The van der Waals surface area contributed by atoms with E-state index < -0.39 is 5.60 Å². The zero-order valence-corrected chi connectivity index (χ0v) is 10.5. The highest BCUT2D eigenvalue weighted by molar-refractivity contribution is 5.29. The highest BCUT2D eigenvalue weighted by Crippen LogP contribution is 2.22. The van der Waals surface area contributed by atoms with Crippen LogP contribution in [0.1, 0.15) is 44.2 Å². The third kappa shape index (κ3) is 3.82. The van der Waals surface area contributed by atoms with E-state index in [1.807, 2.05) is 37.3 Å². The van der Waals surface area contributed by atoms with Gasteiger partial charge in [-0.25, -0.2) is 0 Å². The van der Waals surface area contributed by atoms with E-state index in [-0.39, 0.29) is 0 Å². The molecule has 0 aliphatic heterocycles. The second kappa shape index (κ2) is 5.86. The Labute approximate surface area is 98.8 Å². The van der Waals surface area contributed by atoms with E-state index in [1.165, 1.54) is 18.4 Å². The summed E-state index contributed by atoms with van der Waals surface area (Å²) in [5, 5.41) is 10.3. The maximum Gasteiger partial charge on any atom is 0.105 e. The summed E-state index contributed by atoms with van der Waals surface area (Å²) in [5.41, 5.74) is 1.32. The highest BCUT2D eigenvalue weighted by Gasteiger charge is 2.18. The van der Waals surface area contributed by atoms with Crippen molar-refractivity contribution < 1.29 is 5.11 Å². The molecule has 0 saturated carbocycles. The number of unbranched alkanes of at least 4 members (excludes halogenated alkanes) is 2. The summed E-state index contributed by atoms with van der Waals surface area (Å²) >= 11 is 0. The Bertz CT molecular complexity index is 333. The zero-order chi connectivity index (χ0) is 12.0. The molecule has 1 N–H and O–H groups in total. The molecule has 0 aromatic heterocycles. The lowest BCUT2D eigenvalue weighted by molar-refractivity contribution is 0.111. The fraction of sp³-hybridized carbons (Fsp3) is 0.467. The summed E-state index contributed by atoms with van der Waals surface area (Å²) in [7, 11) is 0. The average molecular weight is 218 g/mol. The third-order valence-corrected chi connectivity index (χ3v) is 2.80. The lowest BCUT2D eigenvalue weighted by atomic mass is 9.94. The van der Waals surface area contributed by atoms with Crippen LogP contribution in [0, 0.1) is 6.92 Å². The Kier molecular flexibility index (Phi) is 4.75. The predicted molar refractivity (Wildman–Crippen MR) is 69.4 cm³/mol. The normalized spacial score (nSPS) is 15.2. The predicted octanol–water partition coefficient (Wildman–Crippen LogP) is 3.95. The van der Waals surface area contributed by atoms with Gasteiger partial charge in [0.2, 0.25) is 0 Å². The van der Waals surface area contributed by atoms with Crippen molar-refractivity contribution in [2.75, 3.05) is 0 Å². The lowest BCUT2D eigenvalue weighted by Crippen LogP contribution is -2.17. The van der Waals surface area contributed by atoms with Crippen LogP contribution in [0.15, 0.2) is 36.4 Å². The molecule has 1 unspecified atom stereocenters. The second-order valence-corrected chi connectivity index (χ2v) is 4.56. The molecule has 0 fully saturated rings. The molecule has 88 valence electrons. The third-order valence-electron chi connectivity index (χ3n) is 2.80. The molecule has 0 aliphatic rings. The van der Waals surface area contributed by atoms with Crippen LogP contribution >= 0.6 is 0 Å². The van der Waals surface area contributed by atoms with Crippen LogP contribution in [-0.4, -0.2) is 5.11 Å². The van der Waals surface area contributed by atoms with Gasteiger partial charge in [0.15, 0.2) is 0 Å². The van der Waals surface area contributed by atoms with E-state index in [0.717, 1.165) is 12.0 Å². The summed E-state index contributed by atoms with van der Waals surface area (Å²) in [6, 6.07) is 8.03. The fourth-order valence-corrected chi connectivity index (χ4v) is 1.62. The Morgan fingerprint density at radius 2 is 1.88 bits per heavy atom. The SMILES string of the molecule is CCCC/C=C/C(C)(O)c1ccc(C)cc1. The van der Waals surface area contributed by atoms with Crippen molar-refractivity contribution in [2.24, 2.45) is 0 Å². The quantitative estimate of drug-likeness (QED) is 0.586. The monoisotopic (exact) mass is 218 g/mol. The molecule has 0 saturated heterocycles. The van der Waals surface area contributed by atoms with Crippen LogP contribution in [-0.2, 0) is 5.60 Å². The van der Waals surface area contributed by atoms with Gasteiger partial charge in [0, 0.05) is 0 Å². The first-order valence-corrected chi connectivity index (χ1v) is 6.03. The highest BCUT2D eigenvalue weighted by atomic mass is 16.3. The largest absolute Gasteiger partial charge is 0.381 e. The molecule has 0 heterocycles. The summed E-state index contributed by atoms with van der Waals surface area (Å²) in [6.07, 6.45) is 7.38. The summed E-state index contributed by atoms with van der Waals surface area (Å²) in [6.45, 7) is 6.06. The van der Waals surface area contributed by atoms with Crippen LogP contribution in [0.4, 0.5) is 0 Å². The molecule has 1 nitrogen and oxygen atoms in total. The molecule has 0 amide bonds. The van der Waals surface area contributed by atoms with Crippen molar-refractivity contribution in [3.63, 3.8) is 0 Å². The van der Waals surface area contributed by atoms with Crippen molar-refractivity contribution >= 4 is 0 Å². The number of allylic oxidation sites excluding steroid dienone is 1. The second-order valence-electron chi connectivity index (χ2n) is 4.56. The van der Waals surface area contributed by atoms with E-state index in [0.29, 0.717) is 0 Å². The van der Waals surface area contributed by atoms with Gasteiger partial charge in [0.05, 0.1) is 0 Å². The zero-order valence-electron chi connectivity index (χ0n) is 10.5. The van der Waals surface area contributed by atoms with E-state index in [4.69, 9.17) is 0 Å². The maximum atomic E-state index is 10.3. The Hall–Kier alpha value is -1.08. The minimum atomic E-state index is -0.846. The van der Waals surface area contributed by atoms with Gasteiger partial charge < -0.3 is 5.11 Å². The van der Waals surface area contributed by atoms with Crippen LogP contribution in [0.2, 0.25) is 0 Å². The Morgan fingerprint density at radius 3 is 2.44 bits per heavy atom. The minimum absolute atomic E-state index is 0.846. The topological polar surface area (TPSA) is 20.2 Å². The van der Waals surface area contributed by atoms with Crippen LogP contribution in [0.25, 0.3) is 0 Å². The molecule has 1 rings (SSSR count). The molecule has 0 aliphatic carbocycles. The lowest BCUT2D eigenvalue weighted by Gasteiger charge is -2.19. The van der Waals surface area contributed by atoms with E-state index in [2.05, 4.69) is 19.9 Å². The summed E-state index contributed by atoms with van der Waals surface area (Å²) in [5.74, 6) is 0. The first-order chi connectivity index (χ1) is 7.56. The van der Waals surface area contributed by atoms with E-state index >= 15 is 0 Å². The fourth-order valence-electron chi connectivity index (χ4n) is 1.62. The maximum absolute atomic E-state index is 10.3. The average Bonchev–Trinajstić information content (AvgIpc) is 2.25. The summed E-state index contributed by atoms with van der Waals surface area (Å²) < 4.78 is 0. The van der Waals surface area contributed by atoms with Gasteiger partial charge >= 0.3 is 0 Å². The van der Waals surface area contributed by atoms with Crippen molar-refractivity contribution in [3.8, 4) is 0 Å². The number of aryl methyl sites for hydroxylation is 1. The molecule has 1 aromatic rings. The van der Waals surface area contributed by atoms with Gasteiger partial charge in [-0.1, -0.05) is 61.7 Å². The van der Waals surface area contributed by atoms with Gasteiger partial charge in [-0.05, 0) is 25.8 Å². The molecular weight excluding hydrogens is 196 g/mol. The van der Waals surface area contributed by atoms with E-state index in [9.17, 15) is 5.11 Å². The van der Waals surface area contributed by atoms with Gasteiger partial charge in [-0.2, -0.15) is 0 Å². The number of hydrogen-bond donors (Lipinski definition) is 1. The van der Waals surface area contributed by atoms with Crippen molar-refractivity contribution in [3.05, 3.63) is 47.5 Å². The molecule has 1 heteroatoms. The van der Waals surface area contributed by atoms with Gasteiger partial charge in [-0.15, -0.1) is 0 Å². The van der Waals surface area contributed by atoms with Crippen molar-refractivity contribution in [2.45, 2.75) is 45.6 Å². The Balaban J connectivity index is 2.69. The van der Waals surface area contributed by atoms with Crippen LogP contribution < -0.4 is 0 Å². The molecule has 16 heavy (non-hydrogen) atoms. The van der Waals surface area contributed by atoms with Gasteiger partial charge in [-0.3, -0.25) is 0 Å². The Morgan fingerprint density at radius 1 is 1.25 bits per heavy atom. The van der Waals surface area contributed by atoms with Gasteiger partial charge in [0.25, 0.3) is 0 Å². The minimum Gasteiger partial charge on any atom is -0.381 e. The number of benzene rings is 1. The number of rotatable bonds is 5. The first-order valence-electron chi connectivity index (χ1n) is 6.03. The molecular formula is C15H22O. The van der Waals surface area contributed by atoms with Gasteiger partial charge in [0.1, 0.15) is 5.60 Å². The molecule has 1 atom stereocenters. The standard InChI is InChI=1S/C15H22O/c1-4-5-6-7-12-15(3,16)14-10-8-13(2)9-11-14/h7-12,16H,4-6H2,1-3H3/b12-7+. The number of hydrogen-bond acceptors (Lipinski definition) is 1. The first kappa shape index (κ1) is 13.0. The molecule has 1 aromatic carbocycles. The van der Waals surface area contributed by atoms with Crippen molar-refractivity contribution in [1.29, 1.82) is 0 Å². The van der Waals surface area contributed by atoms with Crippen LogP contribution in [0.5, 0.6) is 0 Å².